The molecular weight excluding hydrogens is 331 g/mol. The first kappa shape index (κ1) is 16.2. The SMILES string of the molecule is O=C(CCc1cscn1)NCC(O)c1c(Cl)cccc1Cl. The molecule has 1 amide bonds. The third kappa shape index (κ3) is 4.68. The lowest BCUT2D eigenvalue weighted by molar-refractivity contribution is -0.121. The fourth-order valence-corrected chi connectivity index (χ4v) is 3.07. The molecule has 0 saturated heterocycles. The van der Waals surface area contributed by atoms with E-state index in [9.17, 15) is 9.90 Å². The van der Waals surface area contributed by atoms with Gasteiger partial charge in [0.2, 0.25) is 5.91 Å². The number of hydrogen-bond acceptors (Lipinski definition) is 4. The summed E-state index contributed by atoms with van der Waals surface area (Å²) in [6.07, 6.45) is -0.0280. The second-order valence-electron chi connectivity index (χ2n) is 4.43. The smallest absolute Gasteiger partial charge is 0.220 e. The predicted molar refractivity (Wildman–Crippen MR) is 84.9 cm³/mol. The van der Waals surface area contributed by atoms with E-state index in [1.54, 1.807) is 23.7 Å². The lowest BCUT2D eigenvalue weighted by Gasteiger charge is -2.15. The van der Waals surface area contributed by atoms with Gasteiger partial charge in [-0.3, -0.25) is 4.79 Å². The Kier molecular flexibility index (Phi) is 5.99. The molecule has 0 spiro atoms. The number of amides is 1. The number of carbonyl (C=O) groups is 1. The molecule has 0 aliphatic carbocycles. The van der Waals surface area contributed by atoms with Crippen molar-refractivity contribution in [2.24, 2.45) is 0 Å². The van der Waals surface area contributed by atoms with Gasteiger partial charge in [-0.2, -0.15) is 0 Å². The van der Waals surface area contributed by atoms with E-state index in [4.69, 9.17) is 23.2 Å². The van der Waals surface area contributed by atoms with E-state index in [0.717, 1.165) is 5.69 Å². The number of halogens is 2. The number of thiazole rings is 1. The summed E-state index contributed by atoms with van der Waals surface area (Å²) in [4.78, 5) is 15.8. The van der Waals surface area contributed by atoms with Crippen LogP contribution in [0.25, 0.3) is 0 Å². The van der Waals surface area contributed by atoms with Crippen LogP contribution in [-0.2, 0) is 11.2 Å². The first-order chi connectivity index (χ1) is 10.1. The molecule has 21 heavy (non-hydrogen) atoms. The maximum Gasteiger partial charge on any atom is 0.220 e. The van der Waals surface area contributed by atoms with Crippen LogP contribution in [0.5, 0.6) is 0 Å². The van der Waals surface area contributed by atoms with E-state index in [2.05, 4.69) is 10.3 Å². The van der Waals surface area contributed by atoms with Gasteiger partial charge < -0.3 is 10.4 Å². The molecule has 1 unspecified atom stereocenters. The number of carbonyl (C=O) groups excluding carboxylic acids is 1. The molecule has 0 bridgehead atoms. The van der Waals surface area contributed by atoms with Gasteiger partial charge in [0.1, 0.15) is 0 Å². The fraction of sp³-hybridized carbons (Fsp3) is 0.286. The molecular formula is C14H14Cl2N2O2S. The van der Waals surface area contributed by atoms with Gasteiger partial charge in [-0.15, -0.1) is 11.3 Å². The normalized spacial score (nSPS) is 12.1. The number of aliphatic hydroxyl groups excluding tert-OH is 1. The summed E-state index contributed by atoms with van der Waals surface area (Å²) in [6, 6.07) is 5.00. The lowest BCUT2D eigenvalue weighted by Crippen LogP contribution is -2.28. The van der Waals surface area contributed by atoms with Gasteiger partial charge in [-0.25, -0.2) is 4.98 Å². The Morgan fingerprint density at radius 2 is 2.10 bits per heavy atom. The molecule has 0 fully saturated rings. The van der Waals surface area contributed by atoms with E-state index >= 15 is 0 Å². The van der Waals surface area contributed by atoms with Crippen LogP contribution in [0.15, 0.2) is 29.1 Å². The monoisotopic (exact) mass is 344 g/mol. The third-order valence-corrected chi connectivity index (χ3v) is 4.21. The summed E-state index contributed by atoms with van der Waals surface area (Å²) >= 11 is 13.5. The third-order valence-electron chi connectivity index (χ3n) is 2.92. The number of aromatic nitrogens is 1. The Labute approximate surface area is 136 Å². The molecule has 1 aromatic heterocycles. The van der Waals surface area contributed by atoms with Crippen molar-refractivity contribution in [2.45, 2.75) is 18.9 Å². The molecule has 1 heterocycles. The molecule has 1 aromatic carbocycles. The highest BCUT2D eigenvalue weighted by atomic mass is 35.5. The summed E-state index contributed by atoms with van der Waals surface area (Å²) in [6.45, 7) is 0.0688. The van der Waals surface area contributed by atoms with Crippen LogP contribution in [0.1, 0.15) is 23.8 Å². The van der Waals surface area contributed by atoms with Crippen LogP contribution in [0.2, 0.25) is 10.0 Å². The quantitative estimate of drug-likeness (QED) is 0.845. The minimum atomic E-state index is -0.936. The first-order valence-corrected chi connectivity index (χ1v) is 8.03. The second kappa shape index (κ2) is 7.75. The number of hydrogen-bond donors (Lipinski definition) is 2. The summed E-state index contributed by atoms with van der Waals surface area (Å²) in [5.74, 6) is -0.148. The van der Waals surface area contributed by atoms with Crippen molar-refractivity contribution in [3.8, 4) is 0 Å². The molecule has 2 N–H and O–H groups in total. The number of nitrogens with one attached hydrogen (secondary N) is 1. The number of benzene rings is 1. The molecule has 0 saturated carbocycles. The highest BCUT2D eigenvalue weighted by molar-refractivity contribution is 7.07. The Morgan fingerprint density at radius 3 is 2.71 bits per heavy atom. The second-order valence-corrected chi connectivity index (χ2v) is 5.97. The molecule has 4 nitrogen and oxygen atoms in total. The van der Waals surface area contributed by atoms with Gasteiger partial charge in [-0.1, -0.05) is 29.3 Å². The van der Waals surface area contributed by atoms with Crippen LogP contribution >= 0.6 is 34.5 Å². The topological polar surface area (TPSA) is 62.2 Å². The Morgan fingerprint density at radius 1 is 1.38 bits per heavy atom. The van der Waals surface area contributed by atoms with Gasteiger partial charge in [-0.05, 0) is 18.6 Å². The maximum atomic E-state index is 11.7. The molecule has 0 aliphatic heterocycles. The molecule has 2 rings (SSSR count). The van der Waals surface area contributed by atoms with Crippen molar-refractivity contribution in [1.29, 1.82) is 0 Å². The van der Waals surface area contributed by atoms with Crippen molar-refractivity contribution < 1.29 is 9.90 Å². The van der Waals surface area contributed by atoms with Crippen LogP contribution < -0.4 is 5.32 Å². The van der Waals surface area contributed by atoms with E-state index in [1.165, 1.54) is 11.3 Å². The van der Waals surface area contributed by atoms with Crippen LogP contribution in [0.3, 0.4) is 0 Å². The van der Waals surface area contributed by atoms with E-state index < -0.39 is 6.10 Å². The standard InChI is InChI=1S/C14H14Cl2N2O2S/c15-10-2-1-3-11(16)14(10)12(19)6-17-13(20)5-4-9-7-21-8-18-9/h1-3,7-8,12,19H,4-6H2,(H,17,20). The maximum absolute atomic E-state index is 11.7. The molecule has 0 radical (unpaired) electrons. The molecule has 112 valence electrons. The largest absolute Gasteiger partial charge is 0.386 e. The number of rotatable bonds is 6. The van der Waals surface area contributed by atoms with E-state index in [-0.39, 0.29) is 12.5 Å². The lowest BCUT2D eigenvalue weighted by atomic mass is 10.1. The van der Waals surface area contributed by atoms with Crippen molar-refractivity contribution in [3.05, 3.63) is 50.4 Å². The molecule has 2 aromatic rings. The minimum Gasteiger partial charge on any atom is -0.386 e. The van der Waals surface area contributed by atoms with Crippen LogP contribution in [0.4, 0.5) is 0 Å². The van der Waals surface area contributed by atoms with E-state index in [1.807, 2.05) is 5.38 Å². The number of aryl methyl sites for hydroxylation is 1. The molecule has 1 atom stereocenters. The number of nitrogens with zero attached hydrogens (tertiary/aromatic N) is 1. The Hall–Kier alpha value is -1.14. The highest BCUT2D eigenvalue weighted by Gasteiger charge is 2.16. The average molecular weight is 345 g/mol. The zero-order chi connectivity index (χ0) is 15.2. The zero-order valence-corrected chi connectivity index (χ0v) is 13.4. The summed E-state index contributed by atoms with van der Waals surface area (Å²) in [5, 5.41) is 15.4. The van der Waals surface area contributed by atoms with E-state index in [0.29, 0.717) is 28.5 Å². The Balaban J connectivity index is 1.83. The van der Waals surface area contributed by atoms with Crippen molar-refractivity contribution in [3.63, 3.8) is 0 Å². The first-order valence-electron chi connectivity index (χ1n) is 6.33. The Bertz CT molecular complexity index is 585. The molecule has 7 heteroatoms. The van der Waals surface area contributed by atoms with Crippen LogP contribution in [0, 0.1) is 0 Å². The fourth-order valence-electron chi connectivity index (χ4n) is 1.83. The summed E-state index contributed by atoms with van der Waals surface area (Å²) in [5.41, 5.74) is 3.06. The average Bonchev–Trinajstić information content (AvgIpc) is 2.96. The van der Waals surface area contributed by atoms with Crippen molar-refractivity contribution in [2.75, 3.05) is 6.54 Å². The zero-order valence-electron chi connectivity index (χ0n) is 11.1. The minimum absolute atomic E-state index is 0.0688. The van der Waals surface area contributed by atoms with Gasteiger partial charge in [0.15, 0.2) is 0 Å². The highest BCUT2D eigenvalue weighted by Crippen LogP contribution is 2.29. The summed E-state index contributed by atoms with van der Waals surface area (Å²) in [7, 11) is 0. The summed E-state index contributed by atoms with van der Waals surface area (Å²) < 4.78 is 0. The number of aliphatic hydroxyl groups is 1. The van der Waals surface area contributed by atoms with Gasteiger partial charge in [0, 0.05) is 34.0 Å². The van der Waals surface area contributed by atoms with Crippen LogP contribution in [-0.4, -0.2) is 22.5 Å². The van der Waals surface area contributed by atoms with Gasteiger partial charge >= 0.3 is 0 Å². The van der Waals surface area contributed by atoms with Gasteiger partial charge in [0.25, 0.3) is 0 Å². The predicted octanol–water partition coefficient (Wildman–Crippen LogP) is 3.23. The molecule has 0 aliphatic rings. The van der Waals surface area contributed by atoms with Crippen molar-refractivity contribution >= 4 is 40.4 Å². The van der Waals surface area contributed by atoms with Crippen molar-refractivity contribution in [1.82, 2.24) is 10.3 Å². The van der Waals surface area contributed by atoms with Gasteiger partial charge in [0.05, 0.1) is 17.3 Å².